The maximum absolute atomic E-state index is 5.43. The van der Waals surface area contributed by atoms with Crippen molar-refractivity contribution in [2.75, 3.05) is 6.54 Å². The molecule has 12 heavy (non-hydrogen) atoms. The van der Waals surface area contributed by atoms with Crippen LogP contribution in [0, 0.1) is 0 Å². The fourth-order valence-electron chi connectivity index (χ4n) is 1.13. The molecule has 74 valence electrons. The molecule has 3 N–H and O–H groups in total. The highest BCUT2D eigenvalue weighted by atomic mass is 127. The van der Waals surface area contributed by atoms with Gasteiger partial charge in [0.05, 0.1) is 0 Å². The Bertz CT molecular complexity index is 103. The highest BCUT2D eigenvalue weighted by molar-refractivity contribution is 14.1. The predicted molar refractivity (Wildman–Crippen MR) is 63.4 cm³/mol. The van der Waals surface area contributed by atoms with Gasteiger partial charge in [0.2, 0.25) is 0 Å². The van der Waals surface area contributed by atoms with E-state index in [-0.39, 0.29) is 0 Å². The van der Waals surface area contributed by atoms with E-state index in [2.05, 4.69) is 40.2 Å². The molecule has 1 atom stereocenters. The Morgan fingerprint density at radius 1 is 1.33 bits per heavy atom. The summed E-state index contributed by atoms with van der Waals surface area (Å²) in [5.41, 5.74) is 5.75. The van der Waals surface area contributed by atoms with E-state index in [1.54, 1.807) is 0 Å². The van der Waals surface area contributed by atoms with Gasteiger partial charge in [0.25, 0.3) is 0 Å². The molecule has 0 aromatic heterocycles. The molecule has 0 aliphatic rings. The maximum atomic E-state index is 5.43. The molecular weight excluding hydrogens is 263 g/mol. The third kappa shape index (κ3) is 5.32. The van der Waals surface area contributed by atoms with Crippen LogP contribution in [0.3, 0.4) is 0 Å². The van der Waals surface area contributed by atoms with Gasteiger partial charge < -0.3 is 5.73 Å². The molecule has 1 unspecified atom stereocenters. The summed E-state index contributed by atoms with van der Waals surface area (Å²) in [5.74, 6) is 0. The molecule has 0 heterocycles. The number of nitrogens with two attached hydrogens (primary N) is 1. The van der Waals surface area contributed by atoms with Crippen molar-refractivity contribution in [1.29, 1.82) is 0 Å². The fourth-order valence-corrected chi connectivity index (χ4v) is 1.78. The molecule has 0 saturated carbocycles. The molecule has 0 aromatic rings. The highest BCUT2D eigenvalue weighted by Gasteiger charge is 2.18. The van der Waals surface area contributed by atoms with Crippen LogP contribution in [0.5, 0.6) is 0 Å². The Morgan fingerprint density at radius 2 is 2.00 bits per heavy atom. The van der Waals surface area contributed by atoms with Crippen LogP contribution < -0.4 is 9.26 Å². The average Bonchev–Trinajstić information content (AvgIpc) is 2.12. The zero-order chi connectivity index (χ0) is 9.45. The number of hydrogen-bond acceptors (Lipinski definition) is 2. The first-order chi connectivity index (χ1) is 5.68. The number of hydrogen-bond donors (Lipinski definition) is 2. The second-order valence-corrected chi connectivity index (χ2v) is 4.15. The second kappa shape index (κ2) is 7.09. The van der Waals surface area contributed by atoms with E-state index in [1.807, 2.05) is 0 Å². The Labute approximate surface area is 90.2 Å². The summed E-state index contributed by atoms with van der Waals surface area (Å²) in [6.45, 7) is 5.34. The zero-order valence-corrected chi connectivity index (χ0v) is 10.4. The smallest absolute Gasteiger partial charge is 0.0243 e. The van der Waals surface area contributed by atoms with Crippen molar-refractivity contribution in [3.63, 3.8) is 0 Å². The Balaban J connectivity index is 3.45. The zero-order valence-electron chi connectivity index (χ0n) is 8.20. The van der Waals surface area contributed by atoms with Crippen molar-refractivity contribution < 1.29 is 0 Å². The third-order valence-corrected chi connectivity index (χ3v) is 3.74. The summed E-state index contributed by atoms with van der Waals surface area (Å²) in [7, 11) is 0. The molecule has 3 heteroatoms. The van der Waals surface area contributed by atoms with Crippen LogP contribution in [0.2, 0.25) is 0 Å². The van der Waals surface area contributed by atoms with Gasteiger partial charge in [-0.15, -0.1) is 0 Å². The van der Waals surface area contributed by atoms with E-state index >= 15 is 0 Å². The molecule has 0 rings (SSSR count). The number of nitrogens with one attached hydrogen (secondary N) is 1. The van der Waals surface area contributed by atoms with E-state index in [0.29, 0.717) is 5.54 Å². The Hall–Kier alpha value is 0.650. The SMILES string of the molecule is CCC(C)(CCCCCN)NI. The monoisotopic (exact) mass is 284 g/mol. The van der Waals surface area contributed by atoms with Crippen LogP contribution in [0.25, 0.3) is 0 Å². The van der Waals surface area contributed by atoms with E-state index in [1.165, 1.54) is 32.1 Å². The summed E-state index contributed by atoms with van der Waals surface area (Å²) < 4.78 is 3.34. The Kier molecular flexibility index (Phi) is 7.48. The maximum Gasteiger partial charge on any atom is 0.0243 e. The first-order valence-electron chi connectivity index (χ1n) is 4.76. The van der Waals surface area contributed by atoms with E-state index in [4.69, 9.17) is 5.73 Å². The van der Waals surface area contributed by atoms with Gasteiger partial charge in [0, 0.05) is 28.4 Å². The first kappa shape index (κ1) is 12.7. The van der Waals surface area contributed by atoms with Crippen LogP contribution >= 0.6 is 22.9 Å². The van der Waals surface area contributed by atoms with Crippen molar-refractivity contribution in [3.8, 4) is 0 Å². The second-order valence-electron chi connectivity index (χ2n) is 3.61. The van der Waals surface area contributed by atoms with Crippen molar-refractivity contribution in [2.24, 2.45) is 5.73 Å². The molecule has 0 bridgehead atoms. The molecule has 0 fully saturated rings. The van der Waals surface area contributed by atoms with Crippen LogP contribution in [-0.4, -0.2) is 12.1 Å². The van der Waals surface area contributed by atoms with E-state index < -0.39 is 0 Å². The largest absolute Gasteiger partial charge is 0.330 e. The predicted octanol–water partition coefficient (Wildman–Crippen LogP) is 2.61. The van der Waals surface area contributed by atoms with Crippen molar-refractivity contribution >= 4 is 22.9 Å². The minimum Gasteiger partial charge on any atom is -0.330 e. The molecule has 0 spiro atoms. The molecule has 0 radical (unpaired) electrons. The van der Waals surface area contributed by atoms with Crippen molar-refractivity contribution in [1.82, 2.24) is 3.53 Å². The van der Waals surface area contributed by atoms with Crippen LogP contribution in [0.15, 0.2) is 0 Å². The lowest BCUT2D eigenvalue weighted by atomic mass is 9.93. The lowest BCUT2D eigenvalue weighted by Crippen LogP contribution is -2.34. The van der Waals surface area contributed by atoms with Gasteiger partial charge in [0.1, 0.15) is 0 Å². The van der Waals surface area contributed by atoms with Gasteiger partial charge in [0.15, 0.2) is 0 Å². The standard InChI is InChI=1S/C9H21IN2/c1-3-9(2,12-10)7-5-4-6-8-11/h12H,3-8,11H2,1-2H3. The minimum absolute atomic E-state index is 0.329. The normalized spacial score (nSPS) is 16.0. The number of rotatable bonds is 7. The summed E-state index contributed by atoms with van der Waals surface area (Å²) in [6.07, 6.45) is 6.17. The summed E-state index contributed by atoms with van der Waals surface area (Å²) in [6, 6.07) is 0. The van der Waals surface area contributed by atoms with Gasteiger partial charge >= 0.3 is 0 Å². The first-order valence-corrected chi connectivity index (χ1v) is 5.84. The number of halogens is 1. The molecule has 0 aliphatic heterocycles. The lowest BCUT2D eigenvalue weighted by Gasteiger charge is -2.26. The van der Waals surface area contributed by atoms with E-state index in [0.717, 1.165) is 6.54 Å². The highest BCUT2D eigenvalue weighted by Crippen LogP contribution is 2.19. The van der Waals surface area contributed by atoms with Gasteiger partial charge in [-0.1, -0.05) is 19.8 Å². The summed E-state index contributed by atoms with van der Waals surface area (Å²) in [4.78, 5) is 0. The van der Waals surface area contributed by atoms with Gasteiger partial charge in [-0.3, -0.25) is 3.53 Å². The van der Waals surface area contributed by atoms with Crippen molar-refractivity contribution in [3.05, 3.63) is 0 Å². The fraction of sp³-hybridized carbons (Fsp3) is 1.00. The van der Waals surface area contributed by atoms with Crippen LogP contribution in [0.1, 0.15) is 46.0 Å². The molecular formula is C9H21IN2. The van der Waals surface area contributed by atoms with Gasteiger partial charge in [-0.05, 0) is 32.7 Å². The molecule has 0 aromatic carbocycles. The summed E-state index contributed by atoms with van der Waals surface area (Å²) >= 11 is 2.25. The lowest BCUT2D eigenvalue weighted by molar-refractivity contribution is 0.380. The topological polar surface area (TPSA) is 38.0 Å². The van der Waals surface area contributed by atoms with Gasteiger partial charge in [-0.2, -0.15) is 0 Å². The summed E-state index contributed by atoms with van der Waals surface area (Å²) in [5, 5.41) is 0. The third-order valence-electron chi connectivity index (χ3n) is 2.44. The van der Waals surface area contributed by atoms with Crippen molar-refractivity contribution in [2.45, 2.75) is 51.5 Å². The Morgan fingerprint density at radius 3 is 2.42 bits per heavy atom. The number of unbranched alkanes of at least 4 members (excludes halogenated alkanes) is 2. The average molecular weight is 284 g/mol. The molecule has 0 aliphatic carbocycles. The molecule has 0 amide bonds. The minimum atomic E-state index is 0.329. The van der Waals surface area contributed by atoms with Crippen LogP contribution in [0.4, 0.5) is 0 Å². The quantitative estimate of drug-likeness (QED) is 0.428. The van der Waals surface area contributed by atoms with Gasteiger partial charge in [-0.25, -0.2) is 0 Å². The van der Waals surface area contributed by atoms with Crippen LogP contribution in [-0.2, 0) is 0 Å². The molecule has 0 saturated heterocycles. The van der Waals surface area contributed by atoms with E-state index in [9.17, 15) is 0 Å². The molecule has 2 nitrogen and oxygen atoms in total.